The fraction of sp³-hybridized carbons (Fsp3) is 0.455. The van der Waals surface area contributed by atoms with E-state index in [9.17, 15) is 9.59 Å². The molecule has 0 saturated carbocycles. The average Bonchev–Trinajstić information content (AvgIpc) is 2.57. The number of aryl methyl sites for hydroxylation is 1. The van der Waals surface area contributed by atoms with E-state index in [0.29, 0.717) is 10.4 Å². The molecule has 0 fully saturated rings. The van der Waals surface area contributed by atoms with E-state index in [1.165, 1.54) is 18.4 Å². The largest absolute Gasteiger partial charge is 0.465 e. The lowest BCUT2D eigenvalue weighted by Crippen LogP contribution is -2.11. The summed E-state index contributed by atoms with van der Waals surface area (Å²) in [6, 6.07) is 1.70. The predicted octanol–water partition coefficient (Wildman–Crippen LogP) is 2.68. The minimum absolute atomic E-state index is 0.00602. The molecule has 3 nitrogen and oxygen atoms in total. The molecule has 0 unspecified atom stereocenters. The Bertz CT molecular complexity index is 391. The van der Waals surface area contributed by atoms with Crippen LogP contribution < -0.4 is 0 Å². The van der Waals surface area contributed by atoms with Crippen molar-refractivity contribution >= 4 is 23.1 Å². The maximum absolute atomic E-state index is 11.8. The van der Waals surface area contributed by atoms with E-state index in [-0.39, 0.29) is 11.7 Å². The van der Waals surface area contributed by atoms with Gasteiger partial charge in [-0.3, -0.25) is 4.79 Å². The molecule has 0 saturated heterocycles. The lowest BCUT2D eigenvalue weighted by atomic mass is 10.1. The first kappa shape index (κ1) is 11.9. The molecular formula is C11H14O3S. The predicted molar refractivity (Wildman–Crippen MR) is 59.6 cm³/mol. The molecule has 1 aromatic rings. The molecule has 82 valence electrons. The van der Waals surface area contributed by atoms with Gasteiger partial charge in [0.05, 0.1) is 17.6 Å². The van der Waals surface area contributed by atoms with E-state index in [2.05, 4.69) is 4.74 Å². The number of carbonyl (C=O) groups excluding carboxylic acids is 2. The molecule has 0 atom stereocenters. The molecule has 1 heterocycles. The maximum atomic E-state index is 11.8. The first-order valence-corrected chi connectivity index (χ1v) is 5.52. The SMILES string of the molecule is COC(=O)c1cc(C)sc1C(=O)C(C)C. The Morgan fingerprint density at radius 3 is 2.47 bits per heavy atom. The summed E-state index contributed by atoms with van der Waals surface area (Å²) in [4.78, 5) is 24.7. The highest BCUT2D eigenvalue weighted by Crippen LogP contribution is 2.25. The second-order valence-electron chi connectivity index (χ2n) is 3.61. The lowest BCUT2D eigenvalue weighted by Gasteiger charge is -2.03. The van der Waals surface area contributed by atoms with Crippen molar-refractivity contribution in [1.82, 2.24) is 0 Å². The third-order valence-corrected chi connectivity index (χ3v) is 3.07. The number of Topliss-reactive ketones (excluding diaryl/α,β-unsaturated/α-hetero) is 1. The van der Waals surface area contributed by atoms with E-state index in [1.807, 2.05) is 20.8 Å². The van der Waals surface area contributed by atoms with Gasteiger partial charge in [0.1, 0.15) is 0 Å². The topological polar surface area (TPSA) is 43.4 Å². The van der Waals surface area contributed by atoms with Crippen molar-refractivity contribution in [2.24, 2.45) is 5.92 Å². The summed E-state index contributed by atoms with van der Waals surface area (Å²) in [7, 11) is 1.32. The fourth-order valence-electron chi connectivity index (χ4n) is 1.22. The molecule has 0 N–H and O–H groups in total. The van der Waals surface area contributed by atoms with Crippen LogP contribution in [0.5, 0.6) is 0 Å². The zero-order valence-corrected chi connectivity index (χ0v) is 10.1. The van der Waals surface area contributed by atoms with Crippen LogP contribution in [0.4, 0.5) is 0 Å². The van der Waals surface area contributed by atoms with Crippen molar-refractivity contribution in [3.05, 3.63) is 21.4 Å². The molecule has 1 rings (SSSR count). The van der Waals surface area contributed by atoms with Crippen LogP contribution in [0.2, 0.25) is 0 Å². The van der Waals surface area contributed by atoms with Gasteiger partial charge in [-0.15, -0.1) is 11.3 Å². The summed E-state index contributed by atoms with van der Waals surface area (Å²) in [6.45, 7) is 5.51. The van der Waals surface area contributed by atoms with Crippen LogP contribution >= 0.6 is 11.3 Å². The molecule has 0 aliphatic rings. The molecule has 0 radical (unpaired) electrons. The van der Waals surface area contributed by atoms with Crippen molar-refractivity contribution in [2.45, 2.75) is 20.8 Å². The standard InChI is InChI=1S/C11H14O3S/c1-6(2)9(12)10-8(11(13)14-4)5-7(3)15-10/h5-6H,1-4H3. The first-order valence-electron chi connectivity index (χ1n) is 4.70. The van der Waals surface area contributed by atoms with Gasteiger partial charge in [0, 0.05) is 10.8 Å². The number of hydrogen-bond acceptors (Lipinski definition) is 4. The second kappa shape index (κ2) is 4.57. The van der Waals surface area contributed by atoms with Crippen molar-refractivity contribution < 1.29 is 14.3 Å². The number of thiophene rings is 1. The van der Waals surface area contributed by atoms with Crippen LogP contribution in [0.15, 0.2) is 6.07 Å². The summed E-state index contributed by atoms with van der Waals surface area (Å²) >= 11 is 1.34. The van der Waals surface area contributed by atoms with Crippen LogP contribution in [0, 0.1) is 12.8 Å². The van der Waals surface area contributed by atoms with Gasteiger partial charge in [-0.1, -0.05) is 13.8 Å². The third-order valence-electron chi connectivity index (χ3n) is 2.01. The lowest BCUT2D eigenvalue weighted by molar-refractivity contribution is 0.0597. The average molecular weight is 226 g/mol. The zero-order chi connectivity index (χ0) is 11.6. The highest BCUT2D eigenvalue weighted by molar-refractivity contribution is 7.14. The van der Waals surface area contributed by atoms with Crippen LogP contribution in [0.1, 0.15) is 38.8 Å². The molecule has 1 aromatic heterocycles. The summed E-state index contributed by atoms with van der Waals surface area (Å²) < 4.78 is 4.64. The van der Waals surface area contributed by atoms with Crippen LogP contribution in [-0.4, -0.2) is 18.9 Å². The highest BCUT2D eigenvalue weighted by atomic mass is 32.1. The first-order chi connectivity index (χ1) is 6.97. The van der Waals surface area contributed by atoms with Gasteiger partial charge >= 0.3 is 5.97 Å². The molecule has 15 heavy (non-hydrogen) atoms. The second-order valence-corrected chi connectivity index (χ2v) is 4.87. The van der Waals surface area contributed by atoms with E-state index in [0.717, 1.165) is 4.88 Å². The quantitative estimate of drug-likeness (QED) is 0.588. The Kier molecular flexibility index (Phi) is 3.63. The van der Waals surface area contributed by atoms with Gasteiger partial charge in [0.2, 0.25) is 0 Å². The van der Waals surface area contributed by atoms with Gasteiger partial charge in [-0.2, -0.15) is 0 Å². The Labute approximate surface area is 93.1 Å². The molecule has 0 aliphatic heterocycles. The molecule has 4 heteroatoms. The van der Waals surface area contributed by atoms with Crippen molar-refractivity contribution in [2.75, 3.05) is 7.11 Å². The summed E-state index contributed by atoms with van der Waals surface area (Å²) in [5.41, 5.74) is 0.388. The third kappa shape index (κ3) is 2.45. The fourth-order valence-corrected chi connectivity index (χ4v) is 2.31. The Morgan fingerprint density at radius 2 is 2.00 bits per heavy atom. The van der Waals surface area contributed by atoms with E-state index in [4.69, 9.17) is 0 Å². The van der Waals surface area contributed by atoms with Crippen molar-refractivity contribution in [1.29, 1.82) is 0 Å². The Balaban J connectivity index is 3.17. The summed E-state index contributed by atoms with van der Waals surface area (Å²) in [6.07, 6.45) is 0. The van der Waals surface area contributed by atoms with E-state index in [1.54, 1.807) is 6.07 Å². The van der Waals surface area contributed by atoms with Crippen molar-refractivity contribution in [3.8, 4) is 0 Å². The minimum atomic E-state index is -0.441. The van der Waals surface area contributed by atoms with Gasteiger partial charge in [-0.25, -0.2) is 4.79 Å². The molecule has 0 spiro atoms. The number of methoxy groups -OCH3 is 1. The number of ketones is 1. The van der Waals surface area contributed by atoms with E-state index < -0.39 is 5.97 Å². The van der Waals surface area contributed by atoms with E-state index >= 15 is 0 Å². The normalized spacial score (nSPS) is 10.5. The number of ether oxygens (including phenoxy) is 1. The highest BCUT2D eigenvalue weighted by Gasteiger charge is 2.22. The summed E-state index contributed by atoms with van der Waals surface area (Å²) in [5, 5.41) is 0. The Hall–Kier alpha value is -1.16. The van der Waals surface area contributed by atoms with Crippen LogP contribution in [0.25, 0.3) is 0 Å². The molecule has 0 bridgehead atoms. The smallest absolute Gasteiger partial charge is 0.339 e. The van der Waals surface area contributed by atoms with Crippen molar-refractivity contribution in [3.63, 3.8) is 0 Å². The Morgan fingerprint density at radius 1 is 1.40 bits per heavy atom. The molecule has 0 amide bonds. The van der Waals surface area contributed by atoms with Gasteiger partial charge in [0.25, 0.3) is 0 Å². The number of esters is 1. The van der Waals surface area contributed by atoms with Gasteiger partial charge in [0.15, 0.2) is 5.78 Å². The van der Waals surface area contributed by atoms with Crippen LogP contribution in [0.3, 0.4) is 0 Å². The minimum Gasteiger partial charge on any atom is -0.465 e. The molecule has 0 aromatic carbocycles. The number of hydrogen-bond donors (Lipinski definition) is 0. The number of rotatable bonds is 3. The maximum Gasteiger partial charge on any atom is 0.339 e. The molecule has 0 aliphatic carbocycles. The number of carbonyl (C=O) groups is 2. The van der Waals surface area contributed by atoms with Gasteiger partial charge in [-0.05, 0) is 13.0 Å². The zero-order valence-electron chi connectivity index (χ0n) is 9.29. The summed E-state index contributed by atoms with van der Waals surface area (Å²) in [5.74, 6) is -0.552. The monoisotopic (exact) mass is 226 g/mol. The van der Waals surface area contributed by atoms with Gasteiger partial charge < -0.3 is 4.74 Å². The van der Waals surface area contributed by atoms with Crippen LogP contribution in [-0.2, 0) is 4.74 Å². The molecular weight excluding hydrogens is 212 g/mol.